The van der Waals surface area contributed by atoms with Crippen LogP contribution in [0.2, 0.25) is 0 Å². The minimum atomic E-state index is -0.954. The van der Waals surface area contributed by atoms with Crippen LogP contribution >= 0.6 is 0 Å². The molecule has 0 spiro atoms. The Morgan fingerprint density at radius 1 is 1.58 bits per heavy atom. The summed E-state index contributed by atoms with van der Waals surface area (Å²) in [6.07, 6.45) is 0.412. The molecule has 0 aliphatic heterocycles. The Labute approximate surface area is 73.0 Å². The van der Waals surface area contributed by atoms with E-state index in [0.717, 1.165) is 0 Å². The Balaban J connectivity index is 4.11. The summed E-state index contributed by atoms with van der Waals surface area (Å²) in [4.78, 5) is 11.1. The van der Waals surface area contributed by atoms with Crippen LogP contribution in [-0.2, 0) is 14.3 Å². The molecule has 0 heterocycles. The summed E-state index contributed by atoms with van der Waals surface area (Å²) in [5.41, 5.74) is 4.74. The van der Waals surface area contributed by atoms with Gasteiger partial charge in [-0.15, -0.1) is 0 Å². The smallest absolute Gasteiger partial charge is 0.325 e. The van der Waals surface area contributed by atoms with E-state index in [1.165, 1.54) is 7.11 Å². The Morgan fingerprint density at radius 3 is 2.42 bits per heavy atom. The fourth-order valence-electron chi connectivity index (χ4n) is 0.997. The summed E-state index contributed by atoms with van der Waals surface area (Å²) in [6.45, 7) is 3.49. The van der Waals surface area contributed by atoms with Gasteiger partial charge in [0.05, 0.1) is 13.2 Å². The third-order valence-corrected chi connectivity index (χ3v) is 1.77. The van der Waals surface area contributed by atoms with E-state index in [0.29, 0.717) is 6.42 Å². The topological polar surface area (TPSA) is 61.5 Å². The molecule has 0 amide bonds. The van der Waals surface area contributed by atoms with Gasteiger partial charge in [-0.3, -0.25) is 4.79 Å². The van der Waals surface area contributed by atoms with E-state index in [2.05, 4.69) is 4.74 Å². The molecule has 0 bridgehead atoms. The van der Waals surface area contributed by atoms with Crippen molar-refractivity contribution in [2.24, 2.45) is 5.73 Å². The van der Waals surface area contributed by atoms with Crippen LogP contribution in [0, 0.1) is 0 Å². The molecule has 0 aromatic carbocycles. The first-order valence-electron chi connectivity index (χ1n) is 3.84. The van der Waals surface area contributed by atoms with E-state index in [1.54, 1.807) is 14.0 Å². The predicted molar refractivity (Wildman–Crippen MR) is 45.7 cm³/mol. The average Bonchev–Trinajstić information content (AvgIpc) is 2.02. The Kier molecular flexibility index (Phi) is 4.20. The van der Waals surface area contributed by atoms with Crippen molar-refractivity contribution in [3.63, 3.8) is 0 Å². The minimum Gasteiger partial charge on any atom is -0.468 e. The van der Waals surface area contributed by atoms with Crippen LogP contribution in [-0.4, -0.2) is 31.8 Å². The van der Waals surface area contributed by atoms with E-state index in [-0.39, 0.29) is 6.10 Å². The molecule has 2 N–H and O–H groups in total. The van der Waals surface area contributed by atoms with Crippen LogP contribution in [0.15, 0.2) is 0 Å². The third kappa shape index (κ3) is 3.19. The van der Waals surface area contributed by atoms with Gasteiger partial charge in [0.1, 0.15) is 5.54 Å². The molecule has 4 heteroatoms. The number of esters is 1. The van der Waals surface area contributed by atoms with Crippen LogP contribution in [0.1, 0.15) is 20.3 Å². The van der Waals surface area contributed by atoms with Crippen LogP contribution in [0.25, 0.3) is 0 Å². The second-order valence-electron chi connectivity index (χ2n) is 3.16. The van der Waals surface area contributed by atoms with Crippen molar-refractivity contribution in [1.29, 1.82) is 0 Å². The second kappa shape index (κ2) is 4.42. The van der Waals surface area contributed by atoms with Crippen molar-refractivity contribution >= 4 is 5.97 Å². The first kappa shape index (κ1) is 11.4. The zero-order valence-corrected chi connectivity index (χ0v) is 8.09. The SMILES string of the molecule is COC(=O)C(C)(N)CC(C)OC. The molecule has 72 valence electrons. The minimum absolute atomic E-state index is 0.0425. The highest BCUT2D eigenvalue weighted by molar-refractivity contribution is 5.79. The largest absolute Gasteiger partial charge is 0.468 e. The van der Waals surface area contributed by atoms with Gasteiger partial charge in [0, 0.05) is 13.5 Å². The van der Waals surface area contributed by atoms with Crippen molar-refractivity contribution in [1.82, 2.24) is 0 Å². The maximum Gasteiger partial charge on any atom is 0.325 e. The van der Waals surface area contributed by atoms with E-state index >= 15 is 0 Å². The number of methoxy groups -OCH3 is 2. The first-order valence-corrected chi connectivity index (χ1v) is 3.84. The monoisotopic (exact) mass is 175 g/mol. The summed E-state index contributed by atoms with van der Waals surface area (Å²) >= 11 is 0. The van der Waals surface area contributed by atoms with Crippen molar-refractivity contribution in [3.05, 3.63) is 0 Å². The number of hydrogen-bond donors (Lipinski definition) is 1. The summed E-state index contributed by atoms with van der Waals surface area (Å²) in [7, 11) is 2.91. The molecule has 12 heavy (non-hydrogen) atoms. The van der Waals surface area contributed by atoms with Gasteiger partial charge in [-0.2, -0.15) is 0 Å². The Hall–Kier alpha value is -0.610. The van der Waals surface area contributed by atoms with Crippen molar-refractivity contribution in [2.75, 3.05) is 14.2 Å². The molecule has 4 nitrogen and oxygen atoms in total. The van der Waals surface area contributed by atoms with E-state index in [9.17, 15) is 4.79 Å². The molecule has 0 aromatic rings. The van der Waals surface area contributed by atoms with Crippen LogP contribution in [0.5, 0.6) is 0 Å². The lowest BCUT2D eigenvalue weighted by molar-refractivity contribution is -0.147. The highest BCUT2D eigenvalue weighted by Gasteiger charge is 2.31. The normalized spacial score (nSPS) is 18.1. The fraction of sp³-hybridized carbons (Fsp3) is 0.875. The molecular weight excluding hydrogens is 158 g/mol. The van der Waals surface area contributed by atoms with Gasteiger partial charge in [0.25, 0.3) is 0 Å². The summed E-state index contributed by atoms with van der Waals surface area (Å²) < 4.78 is 9.53. The van der Waals surface area contributed by atoms with Gasteiger partial charge in [-0.1, -0.05) is 0 Å². The van der Waals surface area contributed by atoms with Gasteiger partial charge in [-0.25, -0.2) is 0 Å². The van der Waals surface area contributed by atoms with Gasteiger partial charge in [0.15, 0.2) is 0 Å². The number of carbonyl (C=O) groups is 1. The summed E-state index contributed by atoms with van der Waals surface area (Å²) in [6, 6.07) is 0. The zero-order valence-electron chi connectivity index (χ0n) is 8.09. The Morgan fingerprint density at radius 2 is 2.08 bits per heavy atom. The van der Waals surface area contributed by atoms with Crippen LogP contribution in [0.4, 0.5) is 0 Å². The van der Waals surface area contributed by atoms with E-state index in [1.807, 2.05) is 6.92 Å². The third-order valence-electron chi connectivity index (χ3n) is 1.77. The number of ether oxygens (including phenoxy) is 2. The molecule has 0 rings (SSSR count). The molecular formula is C8H17NO3. The van der Waals surface area contributed by atoms with Gasteiger partial charge < -0.3 is 15.2 Å². The molecule has 0 saturated heterocycles. The van der Waals surface area contributed by atoms with Crippen molar-refractivity contribution < 1.29 is 14.3 Å². The van der Waals surface area contributed by atoms with E-state index in [4.69, 9.17) is 10.5 Å². The fourth-order valence-corrected chi connectivity index (χ4v) is 0.997. The average molecular weight is 175 g/mol. The Bertz CT molecular complexity index is 156. The molecule has 0 radical (unpaired) electrons. The molecule has 0 saturated carbocycles. The predicted octanol–water partition coefficient (Wildman–Crippen LogP) is 0.302. The van der Waals surface area contributed by atoms with Crippen LogP contribution < -0.4 is 5.73 Å². The van der Waals surface area contributed by atoms with Crippen LogP contribution in [0.3, 0.4) is 0 Å². The number of carbonyl (C=O) groups excluding carboxylic acids is 1. The zero-order chi connectivity index (χ0) is 9.78. The molecule has 0 aliphatic carbocycles. The molecule has 0 fully saturated rings. The van der Waals surface area contributed by atoms with E-state index < -0.39 is 11.5 Å². The lowest BCUT2D eigenvalue weighted by atomic mass is 9.96. The summed E-state index contributed by atoms with van der Waals surface area (Å²) in [5, 5.41) is 0. The molecule has 0 aromatic heterocycles. The number of hydrogen-bond acceptors (Lipinski definition) is 4. The van der Waals surface area contributed by atoms with Gasteiger partial charge in [-0.05, 0) is 13.8 Å². The molecule has 2 atom stereocenters. The molecule has 2 unspecified atom stereocenters. The summed E-state index contributed by atoms with van der Waals surface area (Å²) in [5.74, 6) is -0.411. The van der Waals surface area contributed by atoms with Crippen molar-refractivity contribution in [2.45, 2.75) is 31.9 Å². The highest BCUT2D eigenvalue weighted by Crippen LogP contribution is 2.12. The quantitative estimate of drug-likeness (QED) is 0.624. The number of nitrogens with two attached hydrogens (primary N) is 1. The standard InChI is InChI=1S/C8H17NO3/c1-6(11-3)5-8(2,9)7(10)12-4/h6H,5,9H2,1-4H3. The molecule has 0 aliphatic rings. The highest BCUT2D eigenvalue weighted by atomic mass is 16.5. The van der Waals surface area contributed by atoms with Gasteiger partial charge in [0.2, 0.25) is 0 Å². The lowest BCUT2D eigenvalue weighted by Crippen LogP contribution is -2.48. The number of rotatable bonds is 4. The lowest BCUT2D eigenvalue weighted by Gasteiger charge is -2.24. The first-order chi connectivity index (χ1) is 5.44. The maximum atomic E-state index is 11.1. The van der Waals surface area contributed by atoms with Gasteiger partial charge >= 0.3 is 5.97 Å². The van der Waals surface area contributed by atoms with Crippen molar-refractivity contribution in [3.8, 4) is 0 Å². The maximum absolute atomic E-state index is 11.1. The second-order valence-corrected chi connectivity index (χ2v) is 3.16.